The van der Waals surface area contributed by atoms with E-state index in [9.17, 15) is 4.79 Å². The predicted molar refractivity (Wildman–Crippen MR) is 102 cm³/mol. The first-order chi connectivity index (χ1) is 12.6. The Hall–Kier alpha value is -3.00. The van der Waals surface area contributed by atoms with Crippen molar-refractivity contribution in [2.75, 3.05) is 5.75 Å². The summed E-state index contributed by atoms with van der Waals surface area (Å²) in [5, 5.41) is 13.0. The number of aryl methyl sites for hydroxylation is 1. The number of nitrogens with one attached hydrogen (secondary N) is 1. The Bertz CT molecular complexity index is 922. The Morgan fingerprint density at radius 3 is 2.85 bits per heavy atom. The van der Waals surface area contributed by atoms with Gasteiger partial charge in [-0.25, -0.2) is 5.43 Å². The molecule has 132 valence electrons. The van der Waals surface area contributed by atoms with E-state index in [4.69, 9.17) is 0 Å². The van der Waals surface area contributed by atoms with Gasteiger partial charge in [-0.15, -0.1) is 10.2 Å². The van der Waals surface area contributed by atoms with Crippen LogP contribution in [0.15, 0.2) is 59.0 Å². The molecule has 1 aromatic carbocycles. The van der Waals surface area contributed by atoms with Gasteiger partial charge in [0.2, 0.25) is 0 Å². The molecule has 0 aliphatic rings. The van der Waals surface area contributed by atoms with E-state index in [1.54, 1.807) is 30.7 Å². The number of carbonyl (C=O) groups excluding carboxylic acids is 1. The number of thioether (sulfide) groups is 1. The Labute approximate surface area is 155 Å². The van der Waals surface area contributed by atoms with Gasteiger partial charge in [0.1, 0.15) is 0 Å². The minimum Gasteiger partial charge on any atom is -0.305 e. The molecule has 0 fully saturated rings. The first-order valence-electron chi connectivity index (χ1n) is 7.94. The van der Waals surface area contributed by atoms with Crippen LogP contribution in [0.1, 0.15) is 11.1 Å². The molecule has 2 heterocycles. The van der Waals surface area contributed by atoms with Crippen molar-refractivity contribution in [3.63, 3.8) is 0 Å². The summed E-state index contributed by atoms with van der Waals surface area (Å²) in [4.78, 5) is 15.8. The van der Waals surface area contributed by atoms with E-state index >= 15 is 0 Å². The lowest BCUT2D eigenvalue weighted by molar-refractivity contribution is -0.118. The monoisotopic (exact) mass is 366 g/mol. The molecular weight excluding hydrogens is 348 g/mol. The van der Waals surface area contributed by atoms with Crippen LogP contribution in [0.3, 0.4) is 0 Å². The number of hydrogen-bond donors (Lipinski definition) is 1. The van der Waals surface area contributed by atoms with Gasteiger partial charge < -0.3 is 4.57 Å². The average molecular weight is 366 g/mol. The predicted octanol–water partition coefficient (Wildman–Crippen LogP) is 2.43. The smallest absolute Gasteiger partial charge is 0.250 e. The van der Waals surface area contributed by atoms with Crippen LogP contribution in [0.25, 0.3) is 11.4 Å². The number of rotatable bonds is 6. The highest BCUT2D eigenvalue weighted by Gasteiger charge is 2.12. The Morgan fingerprint density at radius 2 is 2.08 bits per heavy atom. The fraction of sp³-hybridized carbons (Fsp3) is 0.167. The van der Waals surface area contributed by atoms with E-state index < -0.39 is 0 Å². The first-order valence-corrected chi connectivity index (χ1v) is 8.93. The number of hydrogen-bond acceptors (Lipinski definition) is 6. The van der Waals surface area contributed by atoms with Crippen LogP contribution in [0.4, 0.5) is 0 Å². The van der Waals surface area contributed by atoms with Crippen LogP contribution < -0.4 is 5.43 Å². The van der Waals surface area contributed by atoms with E-state index in [1.165, 1.54) is 11.8 Å². The molecule has 0 aliphatic carbocycles. The van der Waals surface area contributed by atoms with E-state index in [2.05, 4.69) is 31.8 Å². The quantitative estimate of drug-likeness (QED) is 0.411. The second kappa shape index (κ2) is 8.39. The van der Waals surface area contributed by atoms with Crippen molar-refractivity contribution in [3.05, 3.63) is 59.9 Å². The number of nitrogens with zero attached hydrogens (tertiary/aromatic N) is 5. The topological polar surface area (TPSA) is 85.1 Å². The Morgan fingerprint density at radius 1 is 1.27 bits per heavy atom. The van der Waals surface area contributed by atoms with Crippen molar-refractivity contribution in [3.8, 4) is 11.4 Å². The number of hydrazone groups is 1. The minimum atomic E-state index is -0.208. The molecule has 0 bridgehead atoms. The van der Waals surface area contributed by atoms with Crippen LogP contribution in [-0.2, 0) is 11.8 Å². The number of benzene rings is 1. The molecule has 3 rings (SSSR count). The highest BCUT2D eigenvalue weighted by atomic mass is 32.2. The summed E-state index contributed by atoms with van der Waals surface area (Å²) < 4.78 is 1.88. The molecule has 2 aromatic heterocycles. The molecule has 0 spiro atoms. The van der Waals surface area contributed by atoms with Crippen molar-refractivity contribution in [2.45, 2.75) is 12.1 Å². The molecule has 3 aromatic rings. The average Bonchev–Trinajstić information content (AvgIpc) is 3.01. The van der Waals surface area contributed by atoms with Gasteiger partial charge in [0.15, 0.2) is 11.0 Å². The summed E-state index contributed by atoms with van der Waals surface area (Å²) in [5.41, 5.74) is 5.52. The first kappa shape index (κ1) is 17.8. The summed E-state index contributed by atoms with van der Waals surface area (Å²) in [7, 11) is 1.89. The van der Waals surface area contributed by atoms with Crippen LogP contribution in [0.5, 0.6) is 0 Å². The molecule has 0 saturated heterocycles. The maximum atomic E-state index is 11.9. The largest absolute Gasteiger partial charge is 0.305 e. The van der Waals surface area contributed by atoms with Crippen LogP contribution in [-0.4, -0.2) is 37.6 Å². The zero-order chi connectivity index (χ0) is 18.4. The molecule has 1 N–H and O–H groups in total. The van der Waals surface area contributed by atoms with Gasteiger partial charge in [-0.1, -0.05) is 35.5 Å². The number of carbonyl (C=O) groups is 1. The standard InChI is InChI=1S/C18H18N6OS/c1-13-4-3-5-15(10-13)17-22-23-18(24(17)2)26-12-16(25)21-20-11-14-6-8-19-9-7-14/h3-11H,12H2,1-2H3,(H,21,25)/b20-11-. The second-order valence-corrected chi connectivity index (χ2v) is 6.54. The van der Waals surface area contributed by atoms with Gasteiger partial charge in [0, 0.05) is 25.0 Å². The highest BCUT2D eigenvalue weighted by molar-refractivity contribution is 7.99. The maximum Gasteiger partial charge on any atom is 0.250 e. The normalized spacial score (nSPS) is 11.0. The van der Waals surface area contributed by atoms with Crippen molar-refractivity contribution in [1.82, 2.24) is 25.2 Å². The molecule has 0 unspecified atom stereocenters. The third-order valence-electron chi connectivity index (χ3n) is 3.55. The molecule has 1 amide bonds. The van der Waals surface area contributed by atoms with Crippen molar-refractivity contribution in [2.24, 2.45) is 12.1 Å². The second-order valence-electron chi connectivity index (χ2n) is 5.60. The summed E-state index contributed by atoms with van der Waals surface area (Å²) >= 11 is 1.31. The summed E-state index contributed by atoms with van der Waals surface area (Å²) in [6, 6.07) is 11.7. The molecule has 0 atom stereocenters. The number of aromatic nitrogens is 4. The SMILES string of the molecule is Cc1cccc(-c2nnc(SCC(=O)N/N=C\c3ccncc3)n2C)c1. The van der Waals surface area contributed by atoms with E-state index in [0.29, 0.717) is 5.16 Å². The van der Waals surface area contributed by atoms with E-state index in [-0.39, 0.29) is 11.7 Å². The van der Waals surface area contributed by atoms with Gasteiger partial charge in [0.25, 0.3) is 5.91 Å². The maximum absolute atomic E-state index is 11.9. The van der Waals surface area contributed by atoms with Gasteiger partial charge in [-0.3, -0.25) is 9.78 Å². The van der Waals surface area contributed by atoms with Crippen LogP contribution >= 0.6 is 11.8 Å². The zero-order valence-electron chi connectivity index (χ0n) is 14.5. The number of amides is 1. The van der Waals surface area contributed by atoms with Crippen molar-refractivity contribution < 1.29 is 4.79 Å². The summed E-state index contributed by atoms with van der Waals surface area (Å²) in [6.07, 6.45) is 4.90. The fourth-order valence-corrected chi connectivity index (χ4v) is 2.97. The minimum absolute atomic E-state index is 0.202. The fourth-order valence-electron chi connectivity index (χ4n) is 2.27. The lowest BCUT2D eigenvalue weighted by atomic mass is 10.1. The molecular formula is C18H18N6OS. The lowest BCUT2D eigenvalue weighted by Crippen LogP contribution is -2.19. The van der Waals surface area contributed by atoms with Crippen LogP contribution in [0, 0.1) is 6.92 Å². The highest BCUT2D eigenvalue weighted by Crippen LogP contribution is 2.23. The lowest BCUT2D eigenvalue weighted by Gasteiger charge is -2.04. The zero-order valence-corrected chi connectivity index (χ0v) is 15.3. The van der Waals surface area contributed by atoms with Gasteiger partial charge in [-0.05, 0) is 30.7 Å². The third kappa shape index (κ3) is 4.54. The Balaban J connectivity index is 1.56. The van der Waals surface area contributed by atoms with Crippen molar-refractivity contribution >= 4 is 23.9 Å². The molecule has 7 nitrogen and oxygen atoms in total. The van der Waals surface area contributed by atoms with Gasteiger partial charge >= 0.3 is 0 Å². The summed E-state index contributed by atoms with van der Waals surface area (Å²) in [6.45, 7) is 2.03. The molecule has 0 aliphatic heterocycles. The third-order valence-corrected chi connectivity index (χ3v) is 4.57. The summed E-state index contributed by atoms with van der Waals surface area (Å²) in [5.74, 6) is 0.765. The number of pyridine rings is 1. The van der Waals surface area contributed by atoms with Gasteiger partial charge in [-0.2, -0.15) is 5.10 Å². The molecule has 8 heteroatoms. The molecule has 0 radical (unpaired) electrons. The van der Waals surface area contributed by atoms with Crippen LogP contribution in [0.2, 0.25) is 0 Å². The van der Waals surface area contributed by atoms with E-state index in [1.807, 2.05) is 36.7 Å². The van der Waals surface area contributed by atoms with E-state index in [0.717, 1.165) is 22.5 Å². The van der Waals surface area contributed by atoms with Gasteiger partial charge in [0.05, 0.1) is 12.0 Å². The van der Waals surface area contributed by atoms with Crippen molar-refractivity contribution in [1.29, 1.82) is 0 Å². The molecule has 26 heavy (non-hydrogen) atoms. The Kier molecular flexibility index (Phi) is 5.75. The molecule has 0 saturated carbocycles.